The van der Waals surface area contributed by atoms with E-state index in [9.17, 15) is 13.2 Å². The second-order valence-corrected chi connectivity index (χ2v) is 8.59. The molecule has 1 aromatic carbocycles. The van der Waals surface area contributed by atoms with Crippen molar-refractivity contribution in [1.82, 2.24) is 24.5 Å². The Morgan fingerprint density at radius 2 is 1.62 bits per heavy atom. The zero-order valence-corrected chi connectivity index (χ0v) is 18.3. The van der Waals surface area contributed by atoms with Crippen LogP contribution in [0.5, 0.6) is 0 Å². The average Bonchev–Trinajstić information content (AvgIpc) is 3.22. The first kappa shape index (κ1) is 21.8. The van der Waals surface area contributed by atoms with E-state index < -0.39 is 23.1 Å². The first-order chi connectivity index (χ1) is 16.0. The Morgan fingerprint density at radius 1 is 0.882 bits per heavy atom. The van der Waals surface area contributed by atoms with E-state index in [1.807, 2.05) is 42.7 Å². The average molecular weight is 463 g/mol. The van der Waals surface area contributed by atoms with Crippen LogP contribution in [0.1, 0.15) is 25.0 Å². The van der Waals surface area contributed by atoms with E-state index in [2.05, 4.69) is 19.9 Å². The third-order valence-electron chi connectivity index (χ3n) is 5.63. The number of benzene rings is 1. The Hall–Kier alpha value is -4.05. The number of imidazole rings is 1. The molecule has 5 aromatic rings. The zero-order valence-electron chi connectivity index (χ0n) is 18.3. The van der Waals surface area contributed by atoms with Gasteiger partial charge in [0.1, 0.15) is 28.7 Å². The maximum atomic E-state index is 13.3. The van der Waals surface area contributed by atoms with Gasteiger partial charge >= 0.3 is 6.18 Å². The van der Waals surface area contributed by atoms with Crippen LogP contribution in [-0.2, 0) is 11.7 Å². The highest BCUT2D eigenvalue weighted by Gasteiger charge is 2.34. The molecular weight excluding hydrogens is 443 g/mol. The minimum Gasteiger partial charge on any atom is -0.383 e. The summed E-state index contributed by atoms with van der Waals surface area (Å²) in [5.41, 5.74) is 14.8. The van der Waals surface area contributed by atoms with Gasteiger partial charge in [0.05, 0.1) is 23.0 Å². The lowest BCUT2D eigenvalue weighted by Crippen LogP contribution is -2.28. The Kier molecular flexibility index (Phi) is 4.80. The number of alkyl halides is 3. The van der Waals surface area contributed by atoms with Gasteiger partial charge in [-0.25, -0.2) is 15.0 Å². The van der Waals surface area contributed by atoms with Crippen molar-refractivity contribution < 1.29 is 13.2 Å². The highest BCUT2D eigenvalue weighted by Crippen LogP contribution is 2.35. The Bertz CT molecular complexity index is 1530. The van der Waals surface area contributed by atoms with Crippen molar-refractivity contribution in [3.8, 4) is 16.9 Å². The lowest BCUT2D eigenvalue weighted by Gasteiger charge is -2.19. The maximum Gasteiger partial charge on any atom is 0.419 e. The van der Waals surface area contributed by atoms with Crippen molar-refractivity contribution in [2.24, 2.45) is 5.73 Å². The van der Waals surface area contributed by atoms with Crippen LogP contribution < -0.4 is 11.5 Å². The number of fused-ring (bicyclic) bond motifs is 3. The molecule has 7 nitrogen and oxygen atoms in total. The van der Waals surface area contributed by atoms with Crippen LogP contribution >= 0.6 is 0 Å². The summed E-state index contributed by atoms with van der Waals surface area (Å²) in [4.78, 5) is 17.2. The van der Waals surface area contributed by atoms with E-state index in [1.54, 1.807) is 24.7 Å². The Labute approximate surface area is 192 Å². The molecule has 0 saturated carbocycles. The van der Waals surface area contributed by atoms with Crippen LogP contribution in [0.25, 0.3) is 39.0 Å². The van der Waals surface area contributed by atoms with Gasteiger partial charge in [-0.1, -0.05) is 12.1 Å². The number of hydrogen-bond acceptors (Lipinski definition) is 6. The fraction of sp³-hybridized carbons (Fsp3) is 0.167. The van der Waals surface area contributed by atoms with Crippen molar-refractivity contribution in [3.05, 3.63) is 72.3 Å². The summed E-state index contributed by atoms with van der Waals surface area (Å²) in [6.07, 6.45) is -0.0484. The highest BCUT2D eigenvalue weighted by molar-refractivity contribution is 6.01. The van der Waals surface area contributed by atoms with Crippen molar-refractivity contribution in [1.29, 1.82) is 0 Å². The van der Waals surface area contributed by atoms with E-state index in [0.717, 1.165) is 17.3 Å². The minimum atomic E-state index is -4.62. The summed E-state index contributed by atoms with van der Waals surface area (Å²) < 4.78 is 41.9. The molecule has 0 aliphatic rings. The van der Waals surface area contributed by atoms with Crippen molar-refractivity contribution in [3.63, 3.8) is 0 Å². The largest absolute Gasteiger partial charge is 0.419 e. The summed E-state index contributed by atoms with van der Waals surface area (Å²) in [7, 11) is 0. The molecule has 10 heteroatoms. The third-order valence-corrected chi connectivity index (χ3v) is 5.63. The summed E-state index contributed by atoms with van der Waals surface area (Å²) in [5.74, 6) is -0.580. The predicted octanol–water partition coefficient (Wildman–Crippen LogP) is 4.83. The van der Waals surface area contributed by atoms with Crippen molar-refractivity contribution in [2.45, 2.75) is 25.6 Å². The van der Waals surface area contributed by atoms with Gasteiger partial charge in [0.15, 0.2) is 0 Å². The highest BCUT2D eigenvalue weighted by atomic mass is 19.4. The molecule has 0 amide bonds. The van der Waals surface area contributed by atoms with Crippen LogP contribution in [0, 0.1) is 0 Å². The zero-order chi connectivity index (χ0) is 24.3. The van der Waals surface area contributed by atoms with E-state index in [-0.39, 0.29) is 5.56 Å². The SMILES string of the molecule is CC(C)(N)c1ccc(-n2cnc3cnc4ccc(-c5cnc(N)c(C(F)(F)F)c5)nc4c32)cc1. The Morgan fingerprint density at radius 3 is 2.29 bits per heavy atom. The predicted molar refractivity (Wildman–Crippen MR) is 124 cm³/mol. The van der Waals surface area contributed by atoms with E-state index >= 15 is 0 Å². The number of halogens is 3. The molecule has 0 atom stereocenters. The van der Waals surface area contributed by atoms with E-state index in [4.69, 9.17) is 11.5 Å². The van der Waals surface area contributed by atoms with Crippen molar-refractivity contribution >= 4 is 27.9 Å². The molecule has 0 spiro atoms. The summed E-state index contributed by atoms with van der Waals surface area (Å²) in [6.45, 7) is 3.85. The Balaban J connectivity index is 1.69. The molecule has 0 unspecified atom stereocenters. The van der Waals surface area contributed by atoms with Gasteiger partial charge in [-0.15, -0.1) is 0 Å². The van der Waals surface area contributed by atoms with Crippen molar-refractivity contribution in [2.75, 3.05) is 5.73 Å². The molecule has 172 valence electrons. The third kappa shape index (κ3) is 3.71. The molecular formula is C24H20F3N7. The molecule has 4 aromatic heterocycles. The number of nitrogens with two attached hydrogens (primary N) is 2. The van der Waals surface area contributed by atoms with Gasteiger partial charge in [0.25, 0.3) is 0 Å². The fourth-order valence-corrected chi connectivity index (χ4v) is 3.80. The van der Waals surface area contributed by atoms with Gasteiger partial charge in [-0.3, -0.25) is 9.55 Å². The molecule has 0 aliphatic heterocycles. The molecule has 4 N–H and O–H groups in total. The van der Waals surface area contributed by atoms with Gasteiger partial charge in [0, 0.05) is 23.0 Å². The molecule has 0 saturated heterocycles. The first-order valence-corrected chi connectivity index (χ1v) is 10.4. The van der Waals surface area contributed by atoms with Gasteiger partial charge < -0.3 is 11.5 Å². The molecule has 5 rings (SSSR count). The quantitative estimate of drug-likeness (QED) is 0.397. The van der Waals surface area contributed by atoms with Crippen LogP contribution in [0.15, 0.2) is 61.2 Å². The monoisotopic (exact) mass is 463 g/mol. The second-order valence-electron chi connectivity index (χ2n) is 8.59. The smallest absolute Gasteiger partial charge is 0.383 e. The molecule has 0 bridgehead atoms. The number of hydrogen-bond donors (Lipinski definition) is 2. The van der Waals surface area contributed by atoms with Gasteiger partial charge in [-0.05, 0) is 49.7 Å². The van der Waals surface area contributed by atoms with E-state index in [1.165, 1.54) is 6.20 Å². The van der Waals surface area contributed by atoms with Crippen LogP contribution in [-0.4, -0.2) is 24.5 Å². The molecule has 0 fully saturated rings. The number of nitrogen functional groups attached to an aromatic ring is 1. The lowest BCUT2D eigenvalue weighted by atomic mass is 9.95. The van der Waals surface area contributed by atoms with Gasteiger partial charge in [-0.2, -0.15) is 13.2 Å². The standard InChI is InChI=1S/C24H20F3N7/c1-23(2,29)14-3-5-15(6-4-14)34-12-32-19-11-30-18-8-7-17(33-20(18)21(19)34)13-9-16(24(25,26)27)22(28)31-10-13/h3-12H,29H2,1-2H3,(H2,28,31). The van der Waals surface area contributed by atoms with Crippen LogP contribution in [0.2, 0.25) is 0 Å². The first-order valence-electron chi connectivity index (χ1n) is 10.4. The molecule has 34 heavy (non-hydrogen) atoms. The minimum absolute atomic E-state index is 0.195. The normalized spacial score (nSPS) is 12.5. The lowest BCUT2D eigenvalue weighted by molar-refractivity contribution is -0.137. The van der Waals surface area contributed by atoms with Crippen LogP contribution in [0.4, 0.5) is 19.0 Å². The number of nitrogens with zero attached hydrogens (tertiary/aromatic N) is 5. The summed E-state index contributed by atoms with van der Waals surface area (Å²) in [5, 5.41) is 0. The number of rotatable bonds is 3. The number of aromatic nitrogens is 5. The fourth-order valence-electron chi connectivity index (χ4n) is 3.80. The summed E-state index contributed by atoms with van der Waals surface area (Å²) in [6, 6.07) is 12.0. The molecule has 0 radical (unpaired) electrons. The molecule has 4 heterocycles. The summed E-state index contributed by atoms with van der Waals surface area (Å²) >= 11 is 0. The number of pyridine rings is 3. The maximum absolute atomic E-state index is 13.3. The number of anilines is 1. The van der Waals surface area contributed by atoms with E-state index in [0.29, 0.717) is 27.8 Å². The topological polar surface area (TPSA) is 109 Å². The second kappa shape index (κ2) is 7.49. The van der Waals surface area contributed by atoms with Crippen LogP contribution in [0.3, 0.4) is 0 Å². The van der Waals surface area contributed by atoms with Gasteiger partial charge in [0.2, 0.25) is 0 Å². The molecule has 0 aliphatic carbocycles.